The molecule has 0 saturated heterocycles. The van der Waals surface area contributed by atoms with Crippen LogP contribution in [0.1, 0.15) is 24.7 Å². The molecule has 130 valence electrons. The second-order valence-corrected chi connectivity index (χ2v) is 7.82. The first-order chi connectivity index (χ1) is 12.8. The molecule has 1 aromatic carbocycles. The van der Waals surface area contributed by atoms with E-state index in [2.05, 4.69) is 25.5 Å². The van der Waals surface area contributed by atoms with Gasteiger partial charge in [-0.15, -0.1) is 21.5 Å². The summed E-state index contributed by atoms with van der Waals surface area (Å²) in [5.41, 5.74) is 2.19. The second kappa shape index (κ2) is 6.37. The number of aromatic nitrogens is 4. The lowest BCUT2D eigenvalue weighted by Gasteiger charge is -2.04. The molecule has 1 aliphatic carbocycles. The molecule has 3 heterocycles. The Labute approximate surface area is 157 Å². The fourth-order valence-electron chi connectivity index (χ4n) is 2.75. The average molecular weight is 382 g/mol. The van der Waals surface area contributed by atoms with Crippen LogP contribution in [0.2, 0.25) is 0 Å². The highest BCUT2D eigenvalue weighted by molar-refractivity contribution is 7.99. The predicted molar refractivity (Wildman–Crippen MR) is 99.8 cm³/mol. The maximum Gasteiger partial charge on any atom is 0.282 e. The summed E-state index contributed by atoms with van der Waals surface area (Å²) >= 11 is 3.00. The largest absolute Gasteiger partial charge is 0.497 e. The molecule has 0 unspecified atom stereocenters. The minimum Gasteiger partial charge on any atom is -0.497 e. The minimum absolute atomic E-state index is 0.443. The molecule has 0 spiro atoms. The molecule has 4 aromatic rings. The zero-order valence-electron chi connectivity index (χ0n) is 13.9. The van der Waals surface area contributed by atoms with Gasteiger partial charge in [0.25, 0.3) is 5.22 Å². The number of nitrogens with zero attached hydrogens (tertiary/aromatic N) is 4. The molecule has 0 atom stereocenters. The van der Waals surface area contributed by atoms with Crippen LogP contribution in [0.15, 0.2) is 50.6 Å². The van der Waals surface area contributed by atoms with E-state index in [-0.39, 0.29) is 0 Å². The molecule has 1 saturated carbocycles. The van der Waals surface area contributed by atoms with E-state index >= 15 is 0 Å². The summed E-state index contributed by atoms with van der Waals surface area (Å²) in [6.45, 7) is 0. The lowest BCUT2D eigenvalue weighted by molar-refractivity contribution is 0.414. The molecule has 8 heteroatoms. The number of benzene rings is 1. The molecule has 3 aromatic heterocycles. The molecule has 6 nitrogen and oxygen atoms in total. The van der Waals surface area contributed by atoms with Gasteiger partial charge >= 0.3 is 0 Å². The van der Waals surface area contributed by atoms with E-state index in [1.807, 2.05) is 24.3 Å². The van der Waals surface area contributed by atoms with Gasteiger partial charge in [-0.25, -0.2) is 9.97 Å². The van der Waals surface area contributed by atoms with Crippen LogP contribution in [0.3, 0.4) is 0 Å². The molecule has 0 N–H and O–H groups in total. The van der Waals surface area contributed by atoms with Gasteiger partial charge in [0.2, 0.25) is 5.89 Å². The Morgan fingerprint density at radius 1 is 1.15 bits per heavy atom. The van der Waals surface area contributed by atoms with Crippen molar-refractivity contribution in [2.24, 2.45) is 0 Å². The van der Waals surface area contributed by atoms with Crippen LogP contribution in [0.4, 0.5) is 0 Å². The van der Waals surface area contributed by atoms with Crippen molar-refractivity contribution in [1.29, 1.82) is 0 Å². The number of ether oxygens (including phenoxy) is 1. The molecule has 0 aliphatic heterocycles. The first-order valence-electron chi connectivity index (χ1n) is 8.19. The normalized spacial score (nSPS) is 14.0. The predicted octanol–water partition coefficient (Wildman–Crippen LogP) is 4.78. The van der Waals surface area contributed by atoms with Crippen LogP contribution in [0.5, 0.6) is 5.75 Å². The van der Waals surface area contributed by atoms with Gasteiger partial charge in [0.15, 0.2) is 0 Å². The standard InChI is InChI=1S/C18H14N4O2S2/c1-23-12-6-4-10(5-7-12)13-8-25-16-14(13)17(20-9-19-16)26-18-22-21-15(24-18)11-2-3-11/h4-9,11H,2-3H2,1H3. The summed E-state index contributed by atoms with van der Waals surface area (Å²) in [5.74, 6) is 2.01. The highest BCUT2D eigenvalue weighted by Crippen LogP contribution is 2.42. The van der Waals surface area contributed by atoms with Crippen molar-refractivity contribution in [3.8, 4) is 16.9 Å². The van der Waals surface area contributed by atoms with Gasteiger partial charge in [-0.3, -0.25) is 0 Å². The van der Waals surface area contributed by atoms with Gasteiger partial charge < -0.3 is 9.15 Å². The van der Waals surface area contributed by atoms with Crippen molar-refractivity contribution in [2.75, 3.05) is 7.11 Å². The summed E-state index contributed by atoms with van der Waals surface area (Å²) in [6, 6.07) is 7.99. The van der Waals surface area contributed by atoms with E-state index in [1.165, 1.54) is 11.8 Å². The lowest BCUT2D eigenvalue weighted by Crippen LogP contribution is -1.86. The average Bonchev–Trinajstić information content (AvgIpc) is 3.27. The maximum absolute atomic E-state index is 5.78. The summed E-state index contributed by atoms with van der Waals surface area (Å²) in [4.78, 5) is 9.82. The van der Waals surface area contributed by atoms with Crippen molar-refractivity contribution in [3.63, 3.8) is 0 Å². The number of hydrogen-bond acceptors (Lipinski definition) is 8. The Morgan fingerprint density at radius 3 is 2.77 bits per heavy atom. The first-order valence-corrected chi connectivity index (χ1v) is 9.89. The second-order valence-electron chi connectivity index (χ2n) is 6.02. The fourth-order valence-corrected chi connectivity index (χ4v) is 4.51. The van der Waals surface area contributed by atoms with Crippen LogP contribution in [0, 0.1) is 0 Å². The highest BCUT2D eigenvalue weighted by atomic mass is 32.2. The van der Waals surface area contributed by atoms with Gasteiger partial charge in [0.05, 0.1) is 12.5 Å². The van der Waals surface area contributed by atoms with Gasteiger partial charge in [-0.2, -0.15) is 0 Å². The number of rotatable bonds is 5. The Kier molecular flexibility index (Phi) is 3.86. The third-order valence-corrected chi connectivity index (χ3v) is 6.00. The highest BCUT2D eigenvalue weighted by Gasteiger charge is 2.29. The SMILES string of the molecule is COc1ccc(-c2csc3ncnc(Sc4nnc(C5CC5)o4)c23)cc1. The monoisotopic (exact) mass is 382 g/mol. The molecule has 5 rings (SSSR count). The summed E-state index contributed by atoms with van der Waals surface area (Å²) in [5, 5.41) is 12.8. The van der Waals surface area contributed by atoms with Crippen LogP contribution < -0.4 is 4.74 Å². The molecule has 0 radical (unpaired) electrons. The van der Waals surface area contributed by atoms with Gasteiger partial charge in [-0.05, 0) is 42.3 Å². The Balaban J connectivity index is 1.55. The van der Waals surface area contributed by atoms with Crippen molar-refractivity contribution in [1.82, 2.24) is 20.2 Å². The number of hydrogen-bond donors (Lipinski definition) is 0. The topological polar surface area (TPSA) is 73.9 Å². The summed E-state index contributed by atoms with van der Waals surface area (Å²) < 4.78 is 11.0. The minimum atomic E-state index is 0.443. The molecular formula is C18H14N4O2S2. The Morgan fingerprint density at radius 2 is 2.00 bits per heavy atom. The van der Waals surface area contributed by atoms with Crippen LogP contribution in [-0.2, 0) is 0 Å². The third kappa shape index (κ3) is 2.85. The molecule has 0 amide bonds. The molecule has 1 fully saturated rings. The Bertz CT molecular complexity index is 1070. The van der Waals surface area contributed by atoms with E-state index in [1.54, 1.807) is 24.8 Å². The van der Waals surface area contributed by atoms with E-state index < -0.39 is 0 Å². The number of fused-ring (bicyclic) bond motifs is 1. The molecule has 26 heavy (non-hydrogen) atoms. The van der Waals surface area contributed by atoms with Gasteiger partial charge in [-0.1, -0.05) is 12.1 Å². The van der Waals surface area contributed by atoms with Crippen LogP contribution >= 0.6 is 23.1 Å². The zero-order valence-corrected chi connectivity index (χ0v) is 15.5. The van der Waals surface area contributed by atoms with E-state index in [4.69, 9.17) is 9.15 Å². The van der Waals surface area contributed by atoms with Crippen molar-refractivity contribution in [2.45, 2.75) is 29.0 Å². The van der Waals surface area contributed by atoms with Gasteiger partial charge in [0, 0.05) is 16.9 Å². The quantitative estimate of drug-likeness (QED) is 0.460. The maximum atomic E-state index is 5.78. The molecule has 0 bridgehead atoms. The summed E-state index contributed by atoms with van der Waals surface area (Å²) in [6.07, 6.45) is 3.85. The first kappa shape index (κ1) is 15.8. The van der Waals surface area contributed by atoms with Crippen LogP contribution in [-0.4, -0.2) is 27.3 Å². The third-order valence-electron chi connectivity index (χ3n) is 4.27. The lowest BCUT2D eigenvalue weighted by atomic mass is 10.1. The van der Waals surface area contributed by atoms with E-state index in [9.17, 15) is 0 Å². The van der Waals surface area contributed by atoms with Crippen molar-refractivity contribution in [3.05, 3.63) is 41.9 Å². The summed E-state index contributed by atoms with van der Waals surface area (Å²) in [7, 11) is 1.66. The number of thiophene rings is 1. The van der Waals surface area contributed by atoms with Gasteiger partial charge in [0.1, 0.15) is 21.9 Å². The van der Waals surface area contributed by atoms with E-state index in [0.29, 0.717) is 11.1 Å². The Hall–Kier alpha value is -2.45. The van der Waals surface area contributed by atoms with E-state index in [0.717, 1.165) is 50.9 Å². The smallest absolute Gasteiger partial charge is 0.282 e. The molecular weight excluding hydrogens is 368 g/mol. The molecule has 1 aliphatic rings. The zero-order chi connectivity index (χ0) is 17.5. The number of methoxy groups -OCH3 is 1. The van der Waals surface area contributed by atoms with Crippen LogP contribution in [0.25, 0.3) is 21.3 Å². The van der Waals surface area contributed by atoms with Crippen molar-refractivity contribution >= 4 is 33.3 Å². The fraction of sp³-hybridized carbons (Fsp3) is 0.222. The van der Waals surface area contributed by atoms with Crippen molar-refractivity contribution < 1.29 is 9.15 Å².